The lowest BCUT2D eigenvalue weighted by Gasteiger charge is -2.06. The van der Waals surface area contributed by atoms with E-state index in [1.165, 1.54) is 13.0 Å². The molecule has 15 heavy (non-hydrogen) atoms. The molecule has 0 N–H and O–H groups in total. The molecule has 0 aromatic heterocycles. The Morgan fingerprint density at radius 3 is 2.40 bits per heavy atom. The molecule has 0 saturated carbocycles. The number of benzene rings is 1. The minimum Gasteiger partial charge on any atom is -0.294 e. The van der Waals surface area contributed by atoms with Crippen LogP contribution in [-0.2, 0) is 0 Å². The minimum atomic E-state index is -0.527. The predicted molar refractivity (Wildman–Crippen MR) is 57.2 cm³/mol. The van der Waals surface area contributed by atoms with Gasteiger partial charge in [-0.2, -0.15) is 0 Å². The predicted octanol–water partition coefficient (Wildman–Crippen LogP) is 2.92. The van der Waals surface area contributed by atoms with Gasteiger partial charge in [0.05, 0.1) is 10.5 Å². The normalized spacial score (nSPS) is 10.4. The first kappa shape index (κ1) is 11.4. The fourth-order valence-electron chi connectivity index (χ4n) is 1.35. The highest BCUT2D eigenvalue weighted by Gasteiger charge is 2.18. The van der Waals surface area contributed by atoms with Crippen LogP contribution in [0.15, 0.2) is 18.2 Å². The molecule has 0 aliphatic rings. The summed E-state index contributed by atoms with van der Waals surface area (Å²) in [5.41, 5.74) is 1.00. The summed E-state index contributed by atoms with van der Waals surface area (Å²) in [7, 11) is 0. The summed E-state index contributed by atoms with van der Waals surface area (Å²) in [6, 6.07) is 4.69. The fraction of sp³-hybridized carbons (Fsp3) is 0.364. The van der Waals surface area contributed by atoms with E-state index in [-0.39, 0.29) is 23.0 Å². The molecule has 0 atom stereocenters. The van der Waals surface area contributed by atoms with Gasteiger partial charge in [-0.25, -0.2) is 0 Å². The Labute approximate surface area is 88.1 Å². The van der Waals surface area contributed by atoms with Gasteiger partial charge >= 0.3 is 0 Å². The van der Waals surface area contributed by atoms with Crippen LogP contribution in [0.1, 0.15) is 42.6 Å². The summed E-state index contributed by atoms with van der Waals surface area (Å²) in [5, 5.41) is 10.7. The number of hydrogen-bond donors (Lipinski definition) is 0. The second-order valence-corrected chi connectivity index (χ2v) is 3.74. The number of hydrogen-bond acceptors (Lipinski definition) is 3. The Bertz CT molecular complexity index is 410. The van der Waals surface area contributed by atoms with E-state index in [1.54, 1.807) is 12.1 Å². The third-order valence-corrected chi connectivity index (χ3v) is 2.26. The first-order valence-electron chi connectivity index (χ1n) is 4.72. The molecule has 0 fully saturated rings. The maximum atomic E-state index is 11.2. The van der Waals surface area contributed by atoms with Crippen LogP contribution >= 0.6 is 0 Å². The molecule has 0 amide bonds. The van der Waals surface area contributed by atoms with Crippen molar-refractivity contribution in [2.75, 3.05) is 0 Å². The molecule has 1 rings (SSSR count). The van der Waals surface area contributed by atoms with Gasteiger partial charge in [-0.15, -0.1) is 0 Å². The van der Waals surface area contributed by atoms with Crippen LogP contribution in [0.3, 0.4) is 0 Å². The van der Waals surface area contributed by atoms with Gasteiger partial charge in [-0.1, -0.05) is 19.9 Å². The zero-order valence-electron chi connectivity index (χ0n) is 8.98. The van der Waals surface area contributed by atoms with E-state index >= 15 is 0 Å². The Morgan fingerprint density at radius 1 is 1.40 bits per heavy atom. The van der Waals surface area contributed by atoms with Crippen molar-refractivity contribution in [1.29, 1.82) is 0 Å². The second kappa shape index (κ2) is 4.21. The van der Waals surface area contributed by atoms with Crippen LogP contribution in [0.4, 0.5) is 5.69 Å². The molecule has 4 nitrogen and oxygen atoms in total. The molecular formula is C11H13NO3. The van der Waals surface area contributed by atoms with E-state index in [0.717, 1.165) is 5.56 Å². The van der Waals surface area contributed by atoms with Gasteiger partial charge in [0.2, 0.25) is 0 Å². The molecule has 0 spiro atoms. The zero-order chi connectivity index (χ0) is 11.6. The zero-order valence-corrected chi connectivity index (χ0v) is 8.98. The number of rotatable bonds is 3. The molecular weight excluding hydrogens is 194 g/mol. The van der Waals surface area contributed by atoms with Crippen molar-refractivity contribution in [1.82, 2.24) is 0 Å². The average molecular weight is 207 g/mol. The van der Waals surface area contributed by atoms with E-state index < -0.39 is 4.92 Å². The largest absolute Gasteiger partial charge is 0.294 e. The van der Waals surface area contributed by atoms with Gasteiger partial charge < -0.3 is 0 Å². The first-order chi connectivity index (χ1) is 6.93. The van der Waals surface area contributed by atoms with Crippen LogP contribution in [0, 0.1) is 10.1 Å². The molecule has 0 unspecified atom stereocenters. The molecule has 1 aromatic carbocycles. The van der Waals surface area contributed by atoms with Gasteiger partial charge in [0.25, 0.3) is 5.69 Å². The van der Waals surface area contributed by atoms with E-state index in [2.05, 4.69) is 0 Å². The van der Waals surface area contributed by atoms with Gasteiger partial charge in [-0.3, -0.25) is 14.9 Å². The first-order valence-corrected chi connectivity index (χ1v) is 4.72. The number of carbonyl (C=O) groups excluding carboxylic acids is 1. The SMILES string of the molecule is CC(=O)c1cc(C(C)C)ccc1[N+](=O)[O-]. The van der Waals surface area contributed by atoms with E-state index in [9.17, 15) is 14.9 Å². The van der Waals surface area contributed by atoms with E-state index in [0.29, 0.717) is 0 Å². The highest BCUT2D eigenvalue weighted by atomic mass is 16.6. The number of nitrogens with zero attached hydrogens (tertiary/aromatic N) is 1. The van der Waals surface area contributed by atoms with Crippen molar-refractivity contribution in [3.63, 3.8) is 0 Å². The third-order valence-electron chi connectivity index (χ3n) is 2.26. The number of carbonyl (C=O) groups is 1. The van der Waals surface area contributed by atoms with Gasteiger partial charge in [-0.05, 0) is 24.5 Å². The summed E-state index contributed by atoms with van der Waals surface area (Å²) in [5.74, 6) is -0.0203. The number of nitro groups is 1. The van der Waals surface area contributed by atoms with Crippen molar-refractivity contribution < 1.29 is 9.72 Å². The van der Waals surface area contributed by atoms with Crippen molar-refractivity contribution in [3.05, 3.63) is 39.4 Å². The highest BCUT2D eigenvalue weighted by Crippen LogP contribution is 2.24. The lowest BCUT2D eigenvalue weighted by atomic mass is 9.98. The summed E-state index contributed by atoms with van der Waals surface area (Å²) in [6.07, 6.45) is 0. The Balaban J connectivity index is 3.33. The number of Topliss-reactive ketones (excluding diaryl/α,β-unsaturated/α-hetero) is 1. The summed E-state index contributed by atoms with van der Waals surface area (Å²) < 4.78 is 0. The van der Waals surface area contributed by atoms with Crippen LogP contribution in [0.2, 0.25) is 0 Å². The van der Waals surface area contributed by atoms with Crippen LogP contribution in [0.5, 0.6) is 0 Å². The third kappa shape index (κ3) is 2.40. The molecule has 0 radical (unpaired) electrons. The molecule has 0 heterocycles. The average Bonchev–Trinajstić information content (AvgIpc) is 2.16. The van der Waals surface area contributed by atoms with Crippen molar-refractivity contribution in [2.45, 2.75) is 26.7 Å². The Kier molecular flexibility index (Phi) is 3.19. The Hall–Kier alpha value is -1.71. The maximum Gasteiger partial charge on any atom is 0.280 e. The standard InChI is InChI=1S/C11H13NO3/c1-7(2)9-4-5-11(12(14)15)10(6-9)8(3)13/h4-7H,1-3H3. The van der Waals surface area contributed by atoms with Crippen LogP contribution in [0.25, 0.3) is 0 Å². The molecule has 80 valence electrons. The van der Waals surface area contributed by atoms with Gasteiger partial charge in [0.1, 0.15) is 0 Å². The number of ketones is 1. The van der Waals surface area contributed by atoms with Crippen molar-refractivity contribution in [3.8, 4) is 0 Å². The van der Waals surface area contributed by atoms with Crippen molar-refractivity contribution >= 4 is 11.5 Å². The van der Waals surface area contributed by atoms with Crippen LogP contribution in [-0.4, -0.2) is 10.7 Å². The quantitative estimate of drug-likeness (QED) is 0.435. The van der Waals surface area contributed by atoms with Gasteiger partial charge in [0.15, 0.2) is 5.78 Å². The molecule has 0 saturated heterocycles. The molecule has 1 aromatic rings. The minimum absolute atomic E-state index is 0.119. The Morgan fingerprint density at radius 2 is 2.00 bits per heavy atom. The summed E-state index contributed by atoms with van der Waals surface area (Å²) >= 11 is 0. The van der Waals surface area contributed by atoms with Gasteiger partial charge in [0, 0.05) is 6.07 Å². The topological polar surface area (TPSA) is 60.2 Å². The second-order valence-electron chi connectivity index (χ2n) is 3.74. The summed E-state index contributed by atoms with van der Waals surface area (Å²) in [6.45, 7) is 5.29. The van der Waals surface area contributed by atoms with E-state index in [4.69, 9.17) is 0 Å². The molecule has 0 aliphatic carbocycles. The smallest absolute Gasteiger partial charge is 0.280 e. The highest BCUT2D eigenvalue weighted by molar-refractivity contribution is 5.98. The maximum absolute atomic E-state index is 11.2. The lowest BCUT2D eigenvalue weighted by Crippen LogP contribution is -2.02. The molecule has 0 bridgehead atoms. The van der Waals surface area contributed by atoms with Crippen LogP contribution < -0.4 is 0 Å². The summed E-state index contributed by atoms with van der Waals surface area (Å²) in [4.78, 5) is 21.4. The molecule has 4 heteroatoms. The van der Waals surface area contributed by atoms with Crippen molar-refractivity contribution in [2.24, 2.45) is 0 Å². The lowest BCUT2D eigenvalue weighted by molar-refractivity contribution is -0.385. The number of nitro benzene ring substituents is 1. The molecule has 0 aliphatic heterocycles. The monoisotopic (exact) mass is 207 g/mol. The van der Waals surface area contributed by atoms with E-state index in [1.807, 2.05) is 13.8 Å². The fourth-order valence-corrected chi connectivity index (χ4v) is 1.35.